The highest BCUT2D eigenvalue weighted by molar-refractivity contribution is 5.76. The summed E-state index contributed by atoms with van der Waals surface area (Å²) in [6.07, 6.45) is 6.90. The van der Waals surface area contributed by atoms with E-state index in [0.717, 1.165) is 57.1 Å². The molecular formula is C21H32N2O3. The minimum Gasteiger partial charge on any atom is -0.497 e. The molecule has 0 aromatic heterocycles. The lowest BCUT2D eigenvalue weighted by Crippen LogP contribution is -2.49. The second kappa shape index (κ2) is 9.81. The van der Waals surface area contributed by atoms with Crippen molar-refractivity contribution in [2.45, 2.75) is 38.5 Å². The van der Waals surface area contributed by atoms with E-state index >= 15 is 0 Å². The lowest BCUT2D eigenvalue weighted by Gasteiger charge is -2.35. The van der Waals surface area contributed by atoms with Crippen molar-refractivity contribution in [3.05, 3.63) is 24.3 Å². The molecule has 0 spiro atoms. The molecule has 0 bridgehead atoms. The van der Waals surface area contributed by atoms with Crippen molar-refractivity contribution in [3.63, 3.8) is 0 Å². The minimum atomic E-state index is 0.374. The van der Waals surface area contributed by atoms with E-state index in [0.29, 0.717) is 18.4 Å². The Labute approximate surface area is 157 Å². The van der Waals surface area contributed by atoms with Crippen LogP contribution in [0.25, 0.3) is 0 Å². The van der Waals surface area contributed by atoms with Crippen LogP contribution in [0.5, 0.6) is 11.5 Å². The zero-order valence-corrected chi connectivity index (χ0v) is 16.0. The second-order valence-electron chi connectivity index (χ2n) is 7.45. The average molecular weight is 360 g/mol. The Kier molecular flexibility index (Phi) is 7.18. The maximum atomic E-state index is 12.4. The molecule has 5 heteroatoms. The van der Waals surface area contributed by atoms with E-state index in [-0.39, 0.29) is 0 Å². The fourth-order valence-corrected chi connectivity index (χ4v) is 3.96. The first-order valence-electron chi connectivity index (χ1n) is 10.0. The molecule has 1 saturated heterocycles. The fourth-order valence-electron chi connectivity index (χ4n) is 3.96. The van der Waals surface area contributed by atoms with E-state index in [2.05, 4.69) is 9.80 Å². The largest absolute Gasteiger partial charge is 0.497 e. The van der Waals surface area contributed by atoms with Gasteiger partial charge in [-0.2, -0.15) is 0 Å². The first kappa shape index (κ1) is 19.0. The highest BCUT2D eigenvalue weighted by Crippen LogP contribution is 2.28. The van der Waals surface area contributed by atoms with Crippen molar-refractivity contribution in [1.82, 2.24) is 9.80 Å². The molecule has 26 heavy (non-hydrogen) atoms. The van der Waals surface area contributed by atoms with Gasteiger partial charge in [-0.1, -0.05) is 12.8 Å². The summed E-state index contributed by atoms with van der Waals surface area (Å²) in [5.41, 5.74) is 0. The van der Waals surface area contributed by atoms with Gasteiger partial charge in [-0.05, 0) is 49.4 Å². The highest BCUT2D eigenvalue weighted by atomic mass is 16.5. The van der Waals surface area contributed by atoms with Crippen molar-refractivity contribution in [3.8, 4) is 11.5 Å². The molecule has 2 fully saturated rings. The number of ether oxygens (including phenoxy) is 2. The standard InChI is InChI=1S/C21H32N2O3/c1-25-19-7-9-20(10-8-19)26-16-4-11-22-12-14-23(15-13-22)21(24)17-18-5-2-3-6-18/h7-10,18H,2-6,11-17H2,1H3. The van der Waals surface area contributed by atoms with Gasteiger partial charge in [0.15, 0.2) is 0 Å². The first-order valence-corrected chi connectivity index (χ1v) is 10.0. The third kappa shape index (κ3) is 5.63. The number of methoxy groups -OCH3 is 1. The van der Waals surface area contributed by atoms with E-state index in [9.17, 15) is 4.79 Å². The van der Waals surface area contributed by atoms with Crippen LogP contribution in [0.15, 0.2) is 24.3 Å². The van der Waals surface area contributed by atoms with E-state index in [1.54, 1.807) is 7.11 Å². The monoisotopic (exact) mass is 360 g/mol. The van der Waals surface area contributed by atoms with Crippen LogP contribution in [0.2, 0.25) is 0 Å². The molecule has 1 amide bonds. The quantitative estimate of drug-likeness (QED) is 0.668. The summed E-state index contributed by atoms with van der Waals surface area (Å²) in [6, 6.07) is 7.70. The summed E-state index contributed by atoms with van der Waals surface area (Å²) >= 11 is 0. The molecular weight excluding hydrogens is 328 g/mol. The third-order valence-electron chi connectivity index (χ3n) is 5.61. The van der Waals surface area contributed by atoms with Crippen LogP contribution in [-0.2, 0) is 4.79 Å². The number of piperazine rings is 1. The molecule has 144 valence electrons. The Morgan fingerprint density at radius 3 is 2.35 bits per heavy atom. The number of carbonyl (C=O) groups is 1. The highest BCUT2D eigenvalue weighted by Gasteiger charge is 2.24. The van der Waals surface area contributed by atoms with E-state index < -0.39 is 0 Å². The number of nitrogens with zero attached hydrogens (tertiary/aromatic N) is 2. The van der Waals surface area contributed by atoms with Crippen molar-refractivity contribution in [2.24, 2.45) is 5.92 Å². The average Bonchev–Trinajstić information content (AvgIpc) is 3.19. The van der Waals surface area contributed by atoms with Crippen LogP contribution in [0, 0.1) is 5.92 Å². The van der Waals surface area contributed by atoms with E-state index in [1.807, 2.05) is 24.3 Å². The van der Waals surface area contributed by atoms with Gasteiger partial charge in [-0.15, -0.1) is 0 Å². The Morgan fingerprint density at radius 2 is 1.69 bits per heavy atom. The van der Waals surface area contributed by atoms with Gasteiger partial charge in [0.2, 0.25) is 5.91 Å². The summed E-state index contributed by atoms with van der Waals surface area (Å²) in [5, 5.41) is 0. The molecule has 2 aliphatic rings. The van der Waals surface area contributed by atoms with Crippen LogP contribution >= 0.6 is 0 Å². The first-order chi connectivity index (χ1) is 12.7. The molecule has 1 heterocycles. The van der Waals surface area contributed by atoms with Gasteiger partial charge >= 0.3 is 0 Å². The minimum absolute atomic E-state index is 0.374. The zero-order valence-electron chi connectivity index (χ0n) is 16.0. The van der Waals surface area contributed by atoms with Crippen molar-refractivity contribution >= 4 is 5.91 Å². The predicted octanol–water partition coefficient (Wildman–Crippen LogP) is 3.19. The van der Waals surface area contributed by atoms with E-state index in [4.69, 9.17) is 9.47 Å². The number of rotatable bonds is 8. The van der Waals surface area contributed by atoms with Crippen LogP contribution in [0.4, 0.5) is 0 Å². The molecule has 0 radical (unpaired) electrons. The Bertz CT molecular complexity index is 547. The Morgan fingerprint density at radius 1 is 1.04 bits per heavy atom. The Hall–Kier alpha value is -1.75. The maximum absolute atomic E-state index is 12.4. The number of hydrogen-bond donors (Lipinski definition) is 0. The van der Waals surface area contributed by atoms with Crippen LogP contribution < -0.4 is 9.47 Å². The molecule has 1 aliphatic heterocycles. The van der Waals surface area contributed by atoms with Crippen molar-refractivity contribution in [1.29, 1.82) is 0 Å². The van der Waals surface area contributed by atoms with Gasteiger partial charge < -0.3 is 14.4 Å². The molecule has 0 N–H and O–H groups in total. The SMILES string of the molecule is COc1ccc(OCCCN2CCN(C(=O)CC3CCCC3)CC2)cc1. The smallest absolute Gasteiger partial charge is 0.222 e. The topological polar surface area (TPSA) is 42.0 Å². The normalized spacial score (nSPS) is 18.9. The lowest BCUT2D eigenvalue weighted by molar-refractivity contribution is -0.133. The molecule has 1 aromatic rings. The van der Waals surface area contributed by atoms with Crippen LogP contribution in [-0.4, -0.2) is 62.1 Å². The van der Waals surface area contributed by atoms with Gasteiger partial charge in [0.05, 0.1) is 13.7 Å². The lowest BCUT2D eigenvalue weighted by atomic mass is 10.0. The fraction of sp³-hybridized carbons (Fsp3) is 0.667. The number of hydrogen-bond acceptors (Lipinski definition) is 4. The maximum Gasteiger partial charge on any atom is 0.222 e. The summed E-state index contributed by atoms with van der Waals surface area (Å²) in [5.74, 6) is 2.75. The molecule has 0 unspecified atom stereocenters. The predicted molar refractivity (Wildman–Crippen MR) is 103 cm³/mol. The molecule has 1 saturated carbocycles. The van der Waals surface area contributed by atoms with Crippen molar-refractivity contribution in [2.75, 3.05) is 46.4 Å². The summed E-state index contributed by atoms with van der Waals surface area (Å²) in [4.78, 5) is 16.9. The zero-order chi connectivity index (χ0) is 18.2. The van der Waals surface area contributed by atoms with E-state index in [1.165, 1.54) is 25.7 Å². The molecule has 1 aliphatic carbocycles. The molecule has 0 atom stereocenters. The van der Waals surface area contributed by atoms with Gasteiger partial charge in [0, 0.05) is 39.1 Å². The summed E-state index contributed by atoms with van der Waals surface area (Å²) < 4.78 is 10.9. The van der Waals surface area contributed by atoms with Gasteiger partial charge in [0.1, 0.15) is 11.5 Å². The van der Waals surface area contributed by atoms with Crippen molar-refractivity contribution < 1.29 is 14.3 Å². The third-order valence-corrected chi connectivity index (χ3v) is 5.61. The van der Waals surface area contributed by atoms with Crippen LogP contribution in [0.1, 0.15) is 38.5 Å². The molecule has 3 rings (SSSR count). The summed E-state index contributed by atoms with van der Waals surface area (Å²) in [6.45, 7) is 5.47. The van der Waals surface area contributed by atoms with Gasteiger partial charge in [-0.25, -0.2) is 0 Å². The number of carbonyl (C=O) groups excluding carboxylic acids is 1. The Balaban J connectivity index is 1.28. The summed E-state index contributed by atoms with van der Waals surface area (Å²) in [7, 11) is 1.66. The molecule has 5 nitrogen and oxygen atoms in total. The number of benzene rings is 1. The van der Waals surface area contributed by atoms with Crippen LogP contribution in [0.3, 0.4) is 0 Å². The van der Waals surface area contributed by atoms with Gasteiger partial charge in [0.25, 0.3) is 0 Å². The second-order valence-corrected chi connectivity index (χ2v) is 7.45. The molecule has 1 aromatic carbocycles. The van der Waals surface area contributed by atoms with Gasteiger partial charge in [-0.3, -0.25) is 9.69 Å². The number of amides is 1.